The molecule has 0 aromatic carbocycles. The zero-order valence-electron chi connectivity index (χ0n) is 7.54. The molecule has 0 aliphatic heterocycles. The van der Waals surface area contributed by atoms with Crippen molar-refractivity contribution in [2.75, 3.05) is 0 Å². The summed E-state index contributed by atoms with van der Waals surface area (Å²) >= 11 is 0. The van der Waals surface area contributed by atoms with Crippen molar-refractivity contribution in [2.24, 2.45) is 5.14 Å². The molecule has 8 heteroatoms. The van der Waals surface area contributed by atoms with Crippen molar-refractivity contribution < 1.29 is 18.3 Å². The fraction of sp³-hybridized carbons (Fsp3) is 0.143. The zero-order valence-corrected chi connectivity index (χ0v) is 8.36. The quantitative estimate of drug-likeness (QED) is 0.618. The topological polar surface area (TPSA) is 122 Å². The van der Waals surface area contributed by atoms with Crippen LogP contribution in [0.5, 0.6) is 0 Å². The summed E-state index contributed by atoms with van der Waals surface area (Å²) in [6.45, 7) is -0.139. The van der Waals surface area contributed by atoms with E-state index in [-0.39, 0.29) is 17.8 Å². The van der Waals surface area contributed by atoms with Crippen LogP contribution in [0.1, 0.15) is 16.1 Å². The van der Waals surface area contributed by atoms with E-state index in [1.807, 2.05) is 4.72 Å². The summed E-state index contributed by atoms with van der Waals surface area (Å²) in [7, 11) is -3.79. The normalized spacial score (nSPS) is 11.3. The van der Waals surface area contributed by atoms with Crippen molar-refractivity contribution in [1.29, 1.82) is 0 Å². The minimum Gasteiger partial charge on any atom is -0.478 e. The van der Waals surface area contributed by atoms with Gasteiger partial charge in [-0.15, -0.1) is 0 Å². The highest BCUT2D eigenvalue weighted by Crippen LogP contribution is 2.01. The highest BCUT2D eigenvalue weighted by atomic mass is 32.2. The monoisotopic (exact) mass is 231 g/mol. The van der Waals surface area contributed by atoms with Gasteiger partial charge in [-0.05, 0) is 12.1 Å². The number of nitrogens with two attached hydrogens (primary N) is 1. The van der Waals surface area contributed by atoms with E-state index in [0.29, 0.717) is 0 Å². The van der Waals surface area contributed by atoms with Gasteiger partial charge in [-0.1, -0.05) is 0 Å². The molecule has 1 heterocycles. The molecule has 0 aliphatic carbocycles. The van der Waals surface area contributed by atoms with E-state index in [2.05, 4.69) is 4.98 Å². The van der Waals surface area contributed by atoms with Crippen LogP contribution in [0.25, 0.3) is 0 Å². The molecular weight excluding hydrogens is 222 g/mol. The summed E-state index contributed by atoms with van der Waals surface area (Å²) in [4.78, 5) is 14.3. The van der Waals surface area contributed by atoms with Crippen LogP contribution in [0, 0.1) is 0 Å². The summed E-state index contributed by atoms with van der Waals surface area (Å²) < 4.78 is 23.1. The highest BCUT2D eigenvalue weighted by molar-refractivity contribution is 7.87. The minimum absolute atomic E-state index is 0.0382. The third kappa shape index (κ3) is 4.02. The molecule has 15 heavy (non-hydrogen) atoms. The number of hydrogen-bond acceptors (Lipinski definition) is 4. The van der Waals surface area contributed by atoms with Gasteiger partial charge in [0, 0.05) is 6.20 Å². The number of carboxylic acids is 1. The van der Waals surface area contributed by atoms with Crippen molar-refractivity contribution in [1.82, 2.24) is 9.71 Å². The van der Waals surface area contributed by atoms with E-state index in [4.69, 9.17) is 10.2 Å². The Morgan fingerprint density at radius 3 is 2.80 bits per heavy atom. The lowest BCUT2D eigenvalue weighted by Crippen LogP contribution is -2.30. The molecule has 1 aromatic rings. The molecule has 0 amide bonds. The number of carboxylic acid groups (broad SMARTS) is 1. The molecule has 82 valence electrons. The SMILES string of the molecule is NS(=O)(=O)NCc1cc(C(=O)O)ccn1. The van der Waals surface area contributed by atoms with Crippen LogP contribution in [0.15, 0.2) is 18.3 Å². The summed E-state index contributed by atoms with van der Waals surface area (Å²) in [5, 5.41) is 13.3. The molecule has 0 aliphatic rings. The molecule has 0 saturated carbocycles. The van der Waals surface area contributed by atoms with Gasteiger partial charge in [0.25, 0.3) is 10.2 Å². The average molecular weight is 231 g/mol. The van der Waals surface area contributed by atoms with Crippen LogP contribution in [0.4, 0.5) is 0 Å². The van der Waals surface area contributed by atoms with Crippen LogP contribution in [-0.2, 0) is 16.8 Å². The fourth-order valence-corrected chi connectivity index (χ4v) is 1.23. The van der Waals surface area contributed by atoms with Gasteiger partial charge in [0.15, 0.2) is 0 Å². The Bertz CT molecular complexity index is 471. The first-order valence-corrected chi connectivity index (χ1v) is 5.39. The Labute approximate surface area is 86.1 Å². The summed E-state index contributed by atoms with van der Waals surface area (Å²) in [6, 6.07) is 2.57. The molecule has 7 nitrogen and oxygen atoms in total. The molecule has 0 fully saturated rings. The van der Waals surface area contributed by atoms with Crippen molar-refractivity contribution in [3.05, 3.63) is 29.6 Å². The van der Waals surface area contributed by atoms with Crippen LogP contribution in [0.2, 0.25) is 0 Å². The van der Waals surface area contributed by atoms with Gasteiger partial charge < -0.3 is 5.11 Å². The summed E-state index contributed by atoms with van der Waals surface area (Å²) in [5.41, 5.74) is 0.320. The lowest BCUT2D eigenvalue weighted by Gasteiger charge is -2.02. The standard InChI is InChI=1S/C7H9N3O4S/c8-15(13,14)10-4-6-3-5(7(11)12)1-2-9-6/h1-3,10H,4H2,(H,11,12)(H2,8,13,14). The first-order chi connectivity index (χ1) is 6.88. The fourth-order valence-electron chi connectivity index (χ4n) is 0.882. The van der Waals surface area contributed by atoms with E-state index in [1.165, 1.54) is 18.3 Å². The minimum atomic E-state index is -3.79. The number of aromatic carboxylic acids is 1. The van der Waals surface area contributed by atoms with Crippen molar-refractivity contribution in [3.8, 4) is 0 Å². The number of aromatic nitrogens is 1. The average Bonchev–Trinajstić information content (AvgIpc) is 2.14. The number of carbonyl (C=O) groups is 1. The van der Waals surface area contributed by atoms with Gasteiger partial charge in [-0.25, -0.2) is 9.93 Å². The van der Waals surface area contributed by atoms with E-state index in [0.717, 1.165) is 0 Å². The Balaban J connectivity index is 2.79. The van der Waals surface area contributed by atoms with E-state index in [9.17, 15) is 13.2 Å². The van der Waals surface area contributed by atoms with Gasteiger partial charge in [0.05, 0.1) is 17.8 Å². The second-order valence-corrected chi connectivity index (χ2v) is 4.09. The zero-order chi connectivity index (χ0) is 11.5. The molecule has 0 atom stereocenters. The maximum atomic E-state index is 10.6. The highest BCUT2D eigenvalue weighted by Gasteiger charge is 2.06. The third-order valence-corrected chi connectivity index (χ3v) is 2.06. The third-order valence-electron chi connectivity index (χ3n) is 1.52. The van der Waals surface area contributed by atoms with E-state index < -0.39 is 16.2 Å². The molecular formula is C7H9N3O4S. The number of nitrogens with one attached hydrogen (secondary N) is 1. The van der Waals surface area contributed by atoms with Crippen molar-refractivity contribution in [2.45, 2.75) is 6.54 Å². The van der Waals surface area contributed by atoms with Crippen molar-refractivity contribution >= 4 is 16.2 Å². The summed E-state index contributed by atoms with van der Waals surface area (Å²) in [5.74, 6) is -1.10. The second kappa shape index (κ2) is 4.34. The lowest BCUT2D eigenvalue weighted by molar-refractivity contribution is 0.0696. The predicted molar refractivity (Wildman–Crippen MR) is 51.1 cm³/mol. The number of hydrogen-bond donors (Lipinski definition) is 3. The Morgan fingerprint density at radius 2 is 2.27 bits per heavy atom. The molecule has 0 spiro atoms. The Kier molecular flexibility index (Phi) is 3.35. The molecule has 0 saturated heterocycles. The van der Waals surface area contributed by atoms with Crippen LogP contribution in [-0.4, -0.2) is 24.5 Å². The van der Waals surface area contributed by atoms with Crippen LogP contribution >= 0.6 is 0 Å². The predicted octanol–water partition coefficient (Wildman–Crippen LogP) is -0.927. The van der Waals surface area contributed by atoms with Gasteiger partial charge in [-0.2, -0.15) is 13.1 Å². The van der Waals surface area contributed by atoms with E-state index in [1.54, 1.807) is 0 Å². The van der Waals surface area contributed by atoms with Gasteiger partial charge in [0.1, 0.15) is 0 Å². The van der Waals surface area contributed by atoms with E-state index >= 15 is 0 Å². The maximum Gasteiger partial charge on any atom is 0.335 e. The first-order valence-electron chi connectivity index (χ1n) is 3.84. The van der Waals surface area contributed by atoms with Crippen LogP contribution < -0.4 is 9.86 Å². The second-order valence-electron chi connectivity index (χ2n) is 2.71. The molecule has 0 bridgehead atoms. The van der Waals surface area contributed by atoms with Gasteiger partial charge in [0.2, 0.25) is 0 Å². The lowest BCUT2D eigenvalue weighted by atomic mass is 10.2. The van der Waals surface area contributed by atoms with Gasteiger partial charge >= 0.3 is 5.97 Å². The Hall–Kier alpha value is -1.51. The molecule has 1 rings (SSSR count). The van der Waals surface area contributed by atoms with Crippen LogP contribution in [0.3, 0.4) is 0 Å². The largest absolute Gasteiger partial charge is 0.478 e. The maximum absolute atomic E-state index is 10.6. The smallest absolute Gasteiger partial charge is 0.335 e. The number of nitrogens with zero attached hydrogens (tertiary/aromatic N) is 1. The van der Waals surface area contributed by atoms with Crippen molar-refractivity contribution in [3.63, 3.8) is 0 Å². The number of pyridine rings is 1. The molecule has 0 radical (unpaired) electrons. The Morgan fingerprint density at radius 1 is 1.60 bits per heavy atom. The van der Waals surface area contributed by atoms with Gasteiger partial charge in [-0.3, -0.25) is 4.98 Å². The molecule has 1 aromatic heterocycles. The summed E-state index contributed by atoms with van der Waals surface area (Å²) in [6.07, 6.45) is 1.28. The molecule has 4 N–H and O–H groups in total. The number of rotatable bonds is 4. The molecule has 0 unspecified atom stereocenters. The first kappa shape index (κ1) is 11.6.